The normalized spacial score (nSPS) is 10.8. The highest BCUT2D eigenvalue weighted by molar-refractivity contribution is 5.96. The number of hydrogen-bond acceptors (Lipinski definition) is 40. The lowest BCUT2D eigenvalue weighted by Crippen LogP contribution is -2.05. The molecule has 40 heteroatoms. The maximum Gasteiger partial charge on any atom is 0.224 e. The van der Waals surface area contributed by atoms with Crippen LogP contribution in [0.25, 0.3) is 168 Å². The molecule has 0 fully saturated rings. The van der Waals surface area contributed by atoms with Crippen molar-refractivity contribution < 1.29 is 71.5 Å². The number of pyridine rings is 1. The van der Waals surface area contributed by atoms with Crippen LogP contribution in [0.15, 0.2) is 231 Å². The van der Waals surface area contributed by atoms with Crippen LogP contribution in [0.5, 0.6) is 80.5 Å². The highest BCUT2D eigenvalue weighted by atomic mass is 16.3. The largest absolute Gasteiger partial charge is 0.508 e. The molecule has 0 atom stereocenters. The SMILES string of the molecule is C.C.Cc1ccc(-c2nc3cncc(N)c3nc2-c2ccc(O)c(O)c2)cc1O.Cc1ccc(-c2nc3ncnc(N)c3nc2-c2ccc(O)cc2)cc1.Nc1nc(N)c2nc(-c3ccc(O)c(O)c3)c(-c3ccc(O)c(O)c3)nc2n1.Nc1nc(N)c2nc(-c3cccc(O)c3)c(-c3cccc(O)c3)nc2n1.Nc1ncnc2nc(-c3ccc(O)c(O)c3)c(-c3ccc(O)c(O)c3)nc12. The Morgan fingerprint density at radius 3 is 0.881 bits per heavy atom. The van der Waals surface area contributed by atoms with Gasteiger partial charge in [-0.2, -0.15) is 19.9 Å². The molecule has 135 heavy (non-hydrogen) atoms. The van der Waals surface area contributed by atoms with Crippen molar-refractivity contribution in [3.63, 3.8) is 0 Å². The lowest BCUT2D eigenvalue weighted by atomic mass is 10.0. The van der Waals surface area contributed by atoms with Crippen LogP contribution in [-0.4, -0.2) is 166 Å². The predicted octanol–water partition coefficient (Wildman–Crippen LogP) is 14.2. The second-order valence-corrected chi connectivity index (χ2v) is 29.4. The number of fused-ring (bicyclic) bond motifs is 5. The Hall–Kier alpha value is -19.8. The zero-order chi connectivity index (χ0) is 93.9. The van der Waals surface area contributed by atoms with Crippen molar-refractivity contribution in [2.45, 2.75) is 28.7 Å². The first-order valence-corrected chi connectivity index (χ1v) is 39.4. The summed E-state index contributed by atoms with van der Waals surface area (Å²) >= 11 is 0. The number of benzene rings is 10. The average Bonchev–Trinajstić information content (AvgIpc) is 0.802. The zero-order valence-corrected chi connectivity index (χ0v) is 69.2. The van der Waals surface area contributed by atoms with Gasteiger partial charge in [-0.1, -0.05) is 81.1 Å². The molecule has 674 valence electrons. The summed E-state index contributed by atoms with van der Waals surface area (Å²) in [6.45, 7) is 3.83. The van der Waals surface area contributed by atoms with Crippen LogP contribution < -0.4 is 40.1 Å². The molecule has 20 rings (SSSR count). The molecule has 0 spiro atoms. The van der Waals surface area contributed by atoms with Gasteiger partial charge in [0.25, 0.3) is 0 Å². The first-order valence-electron chi connectivity index (χ1n) is 39.4. The molecule has 0 radical (unpaired) electrons. The van der Waals surface area contributed by atoms with Gasteiger partial charge in [-0.3, -0.25) is 4.98 Å². The van der Waals surface area contributed by atoms with E-state index in [2.05, 4.69) is 94.7 Å². The Morgan fingerprint density at radius 2 is 0.519 bits per heavy atom. The van der Waals surface area contributed by atoms with Crippen molar-refractivity contribution in [1.29, 1.82) is 0 Å². The molecular formula is C95H80N26O14. The molecule has 28 N–H and O–H groups in total. The number of aromatic hydroxyl groups is 14. The molecule has 10 heterocycles. The third-order valence-corrected chi connectivity index (χ3v) is 20.2. The van der Waals surface area contributed by atoms with E-state index in [0.29, 0.717) is 123 Å². The number of rotatable bonds is 10. The van der Waals surface area contributed by atoms with Crippen LogP contribution >= 0.6 is 0 Å². The Balaban J connectivity index is 0.000000135. The monoisotopic (exact) mass is 1810 g/mol. The Kier molecular flexibility index (Phi) is 25.7. The summed E-state index contributed by atoms with van der Waals surface area (Å²) in [5.41, 5.74) is 57.0. The smallest absolute Gasteiger partial charge is 0.224 e. The number of nitrogen functional groups attached to an aromatic ring is 7. The number of anilines is 7. The topological polar surface area (TPSA) is 710 Å². The molecule has 0 bridgehead atoms. The van der Waals surface area contributed by atoms with E-state index in [9.17, 15) is 71.5 Å². The molecule has 40 nitrogen and oxygen atoms in total. The third-order valence-electron chi connectivity index (χ3n) is 20.2. The molecule has 10 aromatic carbocycles. The maximum absolute atomic E-state index is 10.1. The van der Waals surface area contributed by atoms with E-state index in [0.717, 1.165) is 22.3 Å². The van der Waals surface area contributed by atoms with E-state index in [1.165, 1.54) is 91.6 Å². The van der Waals surface area contributed by atoms with Gasteiger partial charge in [-0.25, -0.2) is 69.8 Å². The van der Waals surface area contributed by atoms with Gasteiger partial charge < -0.3 is 112 Å². The third kappa shape index (κ3) is 19.4. The van der Waals surface area contributed by atoms with Gasteiger partial charge in [0, 0.05) is 55.6 Å². The van der Waals surface area contributed by atoms with E-state index in [1.807, 2.05) is 37.3 Å². The van der Waals surface area contributed by atoms with Crippen molar-refractivity contribution in [3.8, 4) is 193 Å². The summed E-state index contributed by atoms with van der Waals surface area (Å²) in [5, 5.41) is 137. The van der Waals surface area contributed by atoms with E-state index in [-0.39, 0.29) is 170 Å². The summed E-state index contributed by atoms with van der Waals surface area (Å²) in [4.78, 5) is 81.8. The van der Waals surface area contributed by atoms with Crippen molar-refractivity contribution in [3.05, 3.63) is 242 Å². The summed E-state index contributed by atoms with van der Waals surface area (Å²) in [5.74, 6) is -1.99. The Morgan fingerprint density at radius 1 is 0.222 bits per heavy atom. The number of nitrogens with two attached hydrogens (primary N) is 7. The number of phenols is 14. The van der Waals surface area contributed by atoms with Crippen molar-refractivity contribution in [1.82, 2.24) is 94.7 Å². The van der Waals surface area contributed by atoms with Crippen molar-refractivity contribution in [2.75, 3.05) is 40.1 Å². The van der Waals surface area contributed by atoms with Crippen LogP contribution in [-0.2, 0) is 0 Å². The Labute approximate surface area is 763 Å². The minimum absolute atomic E-state index is 0. The number of aryl methyl sites for hydroxylation is 2. The van der Waals surface area contributed by atoms with Gasteiger partial charge in [-0.15, -0.1) is 0 Å². The highest BCUT2D eigenvalue weighted by Gasteiger charge is 2.25. The van der Waals surface area contributed by atoms with E-state index in [4.69, 9.17) is 40.1 Å². The van der Waals surface area contributed by atoms with Gasteiger partial charge in [0.05, 0.1) is 75.0 Å². The van der Waals surface area contributed by atoms with E-state index < -0.39 is 0 Å². The van der Waals surface area contributed by atoms with Crippen LogP contribution in [0, 0.1) is 13.8 Å². The minimum atomic E-state index is -0.347. The lowest BCUT2D eigenvalue weighted by molar-refractivity contribution is 0.404. The van der Waals surface area contributed by atoms with Crippen LogP contribution in [0.1, 0.15) is 26.0 Å². The molecule has 20 aromatic rings. The molecule has 0 aliphatic heterocycles. The molecular weight excluding hydrogens is 1730 g/mol. The predicted molar refractivity (Wildman–Crippen MR) is 509 cm³/mol. The minimum Gasteiger partial charge on any atom is -0.508 e. The number of nitrogens with zero attached hydrogens (tertiary/aromatic N) is 19. The fourth-order valence-corrected chi connectivity index (χ4v) is 13.5. The molecule has 0 amide bonds. The summed E-state index contributed by atoms with van der Waals surface area (Å²) in [7, 11) is 0. The second kappa shape index (κ2) is 38.0. The number of phenolic OH excluding ortho intramolecular Hbond substituents is 14. The fourth-order valence-electron chi connectivity index (χ4n) is 13.5. The molecule has 0 aliphatic rings. The Bertz CT molecular complexity index is 7810. The second-order valence-electron chi connectivity index (χ2n) is 29.4. The standard InChI is InChI=1S/C20H16N4O3.C19H15N5O.C18H14N6O4.C18H14N6O2.C18H13N5O4.2CH4/c1-10-2-3-11(6-16(10)26)18-19(12-4-5-15(25)17(27)7-12)24-20-13(21)8-22-9-14(20)23-18;1-11-2-4-12(5-3-11)16-15(13-6-8-14(25)9-7-13)23-17-18(20)21-10-22-19(17)24-16;19-16-15-17(24-18(20)23-16)22-14(8-2-4-10(26)12(28)6-8)13(21-15)7-1-3-9(25)11(27)5-7;19-16-15-17(24-18(20)23-16)22-14(10-4-2-6-12(26)8-10)13(21-15)9-3-1-5-11(25)7-9;19-17-16-18(21-7-20-17)23-15(9-2-4-11(25)13(27)6-9)14(22-16)8-1-3-10(24)12(26)5-8;;/h2-9,25-27H,21H2,1H3;2-10,25H,1H3,(H2,20,21,22,24);1-6,25-28H,(H4,19,20,22,23,24);1-8,25-26H,(H4,19,20,22,23,24);1-7,24-27H,(H2,19,20,21,23);2*1H4. The number of hydrogen-bond donors (Lipinski definition) is 21. The fraction of sp³-hybridized carbons (Fsp3) is 0.0421. The highest BCUT2D eigenvalue weighted by Crippen LogP contribution is 2.44. The van der Waals surface area contributed by atoms with Gasteiger partial charge in [-0.05, 0) is 165 Å². The number of aromatic nitrogens is 19. The molecule has 0 unspecified atom stereocenters. The van der Waals surface area contributed by atoms with Gasteiger partial charge in [0.2, 0.25) is 11.9 Å². The first kappa shape index (κ1) is 91.4. The molecule has 10 aromatic heterocycles. The lowest BCUT2D eigenvalue weighted by Gasteiger charge is -2.12. The van der Waals surface area contributed by atoms with Gasteiger partial charge in [0.1, 0.15) is 46.7 Å². The quantitative estimate of drug-likeness (QED) is 0.0565. The zero-order valence-electron chi connectivity index (χ0n) is 69.2. The van der Waals surface area contributed by atoms with E-state index >= 15 is 0 Å². The summed E-state index contributed by atoms with van der Waals surface area (Å²) in [6.07, 6.45) is 5.70. The van der Waals surface area contributed by atoms with Crippen LogP contribution in [0.2, 0.25) is 0 Å². The average molecular weight is 1810 g/mol. The molecule has 0 saturated carbocycles. The molecule has 0 saturated heterocycles. The van der Waals surface area contributed by atoms with Crippen LogP contribution in [0.4, 0.5) is 40.9 Å². The van der Waals surface area contributed by atoms with Crippen molar-refractivity contribution in [2.24, 2.45) is 0 Å². The van der Waals surface area contributed by atoms with Crippen LogP contribution in [0.3, 0.4) is 0 Å². The van der Waals surface area contributed by atoms with Gasteiger partial charge >= 0.3 is 0 Å². The van der Waals surface area contributed by atoms with E-state index in [1.54, 1.807) is 116 Å². The first-order chi connectivity index (χ1) is 63.8. The summed E-state index contributed by atoms with van der Waals surface area (Å²) in [6, 6.07) is 54.4. The maximum atomic E-state index is 10.1. The van der Waals surface area contributed by atoms with Gasteiger partial charge in [0.15, 0.2) is 125 Å². The molecule has 0 aliphatic carbocycles. The summed E-state index contributed by atoms with van der Waals surface area (Å²) < 4.78 is 0. The van der Waals surface area contributed by atoms with Crippen molar-refractivity contribution >= 4 is 96.5 Å².